The molecular formula is C13H13ClFN3. The van der Waals surface area contributed by atoms with Crippen molar-refractivity contribution in [1.29, 1.82) is 0 Å². The first kappa shape index (κ1) is 10.6. The Kier molecular flexibility index (Phi) is 1.99. The summed E-state index contributed by atoms with van der Waals surface area (Å²) in [5.74, 6) is 0.794. The van der Waals surface area contributed by atoms with Crippen LogP contribution in [0.5, 0.6) is 0 Å². The van der Waals surface area contributed by atoms with Gasteiger partial charge in [0.2, 0.25) is 0 Å². The van der Waals surface area contributed by atoms with E-state index in [4.69, 9.17) is 11.6 Å². The van der Waals surface area contributed by atoms with Gasteiger partial charge in [0.15, 0.2) is 5.82 Å². The number of H-pyrrole nitrogens is 1. The molecule has 1 spiro atoms. The Bertz CT molecular complexity index is 620. The Morgan fingerprint density at radius 1 is 1.44 bits per heavy atom. The number of hydrogen-bond acceptors (Lipinski definition) is 2. The van der Waals surface area contributed by atoms with Gasteiger partial charge in [0.1, 0.15) is 6.17 Å². The van der Waals surface area contributed by atoms with E-state index in [0.717, 1.165) is 36.1 Å². The van der Waals surface area contributed by atoms with E-state index >= 15 is 0 Å². The van der Waals surface area contributed by atoms with E-state index in [1.54, 1.807) is 0 Å². The van der Waals surface area contributed by atoms with Crippen molar-refractivity contribution in [3.05, 3.63) is 23.2 Å². The summed E-state index contributed by atoms with van der Waals surface area (Å²) >= 11 is 6.22. The lowest BCUT2D eigenvalue weighted by atomic mass is 10.1. The van der Waals surface area contributed by atoms with Gasteiger partial charge in [-0.25, -0.2) is 4.39 Å². The summed E-state index contributed by atoms with van der Waals surface area (Å²) in [6, 6.07) is 5.67. The maximum absolute atomic E-state index is 14.0. The maximum atomic E-state index is 14.0. The summed E-state index contributed by atoms with van der Waals surface area (Å²) in [5, 5.41) is 8.86. The average Bonchev–Trinajstić information content (AvgIpc) is 2.87. The van der Waals surface area contributed by atoms with Gasteiger partial charge in [0, 0.05) is 12.0 Å². The number of rotatable bonds is 1. The first-order chi connectivity index (χ1) is 8.70. The molecule has 1 aliphatic carbocycles. The molecule has 1 aliphatic heterocycles. The second-order valence-corrected chi connectivity index (χ2v) is 5.83. The van der Waals surface area contributed by atoms with Gasteiger partial charge in [-0.05, 0) is 25.0 Å². The molecule has 1 unspecified atom stereocenters. The van der Waals surface area contributed by atoms with Gasteiger partial charge in [-0.15, -0.1) is 0 Å². The highest BCUT2D eigenvalue weighted by Crippen LogP contribution is 2.55. The van der Waals surface area contributed by atoms with E-state index in [1.807, 2.05) is 23.1 Å². The largest absolute Gasteiger partial charge is 0.351 e. The first-order valence-corrected chi connectivity index (χ1v) is 6.59. The number of fused-ring (bicyclic) bond motifs is 1. The molecule has 3 nitrogen and oxygen atoms in total. The Morgan fingerprint density at radius 3 is 3.00 bits per heavy atom. The summed E-state index contributed by atoms with van der Waals surface area (Å²) in [6.07, 6.45) is 1.27. The molecule has 0 bridgehead atoms. The van der Waals surface area contributed by atoms with Gasteiger partial charge < -0.3 is 4.90 Å². The van der Waals surface area contributed by atoms with E-state index in [9.17, 15) is 4.39 Å². The van der Waals surface area contributed by atoms with Crippen LogP contribution in [0, 0.1) is 5.41 Å². The molecule has 2 aromatic rings. The highest BCUT2D eigenvalue weighted by Gasteiger charge is 2.56. The molecule has 0 radical (unpaired) electrons. The van der Waals surface area contributed by atoms with Crippen LogP contribution >= 0.6 is 11.6 Å². The quantitative estimate of drug-likeness (QED) is 0.859. The van der Waals surface area contributed by atoms with Crippen molar-refractivity contribution in [1.82, 2.24) is 10.2 Å². The van der Waals surface area contributed by atoms with Crippen molar-refractivity contribution >= 4 is 28.3 Å². The fraction of sp³-hybridized carbons (Fsp3) is 0.462. The van der Waals surface area contributed by atoms with E-state index in [1.165, 1.54) is 0 Å². The fourth-order valence-corrected chi connectivity index (χ4v) is 3.23. The van der Waals surface area contributed by atoms with Gasteiger partial charge in [-0.3, -0.25) is 5.10 Å². The third-order valence-corrected chi connectivity index (χ3v) is 4.58. The Balaban J connectivity index is 1.79. The number of halogens is 2. The number of nitrogens with one attached hydrogen (secondary N) is 1. The smallest absolute Gasteiger partial charge is 0.159 e. The predicted molar refractivity (Wildman–Crippen MR) is 69.9 cm³/mol. The molecule has 4 rings (SSSR count). The molecule has 0 amide bonds. The van der Waals surface area contributed by atoms with Gasteiger partial charge in [0.05, 0.1) is 22.5 Å². The zero-order valence-electron chi connectivity index (χ0n) is 9.79. The SMILES string of the molecule is FC1CN(c2n[nH]c3cccc(Cl)c23)CC12CC2. The minimum absolute atomic E-state index is 0.0907. The Labute approximate surface area is 109 Å². The predicted octanol–water partition coefficient (Wildman–Crippen LogP) is 3.15. The van der Waals surface area contributed by atoms with Crippen molar-refractivity contribution in [3.63, 3.8) is 0 Å². The van der Waals surface area contributed by atoms with Crippen LogP contribution in [0.1, 0.15) is 12.8 Å². The summed E-state index contributed by atoms with van der Waals surface area (Å²) in [5.41, 5.74) is 0.816. The normalized spacial score (nSPS) is 25.2. The highest BCUT2D eigenvalue weighted by atomic mass is 35.5. The van der Waals surface area contributed by atoms with Gasteiger partial charge in [-0.1, -0.05) is 17.7 Å². The molecule has 1 N–H and O–H groups in total. The number of anilines is 1. The Morgan fingerprint density at radius 2 is 2.28 bits per heavy atom. The number of benzene rings is 1. The van der Waals surface area contributed by atoms with Gasteiger partial charge in [-0.2, -0.15) is 5.10 Å². The molecule has 94 valence electrons. The lowest BCUT2D eigenvalue weighted by Crippen LogP contribution is -2.20. The molecule has 1 aromatic carbocycles. The van der Waals surface area contributed by atoms with Crippen molar-refractivity contribution in [2.45, 2.75) is 19.0 Å². The van der Waals surface area contributed by atoms with E-state index < -0.39 is 6.17 Å². The molecule has 18 heavy (non-hydrogen) atoms. The fourth-order valence-electron chi connectivity index (χ4n) is 2.97. The van der Waals surface area contributed by atoms with Crippen molar-refractivity contribution in [2.75, 3.05) is 18.0 Å². The second kappa shape index (κ2) is 3.38. The molecule has 5 heteroatoms. The zero-order chi connectivity index (χ0) is 12.3. The van der Waals surface area contributed by atoms with Crippen molar-refractivity contribution in [2.24, 2.45) is 5.41 Å². The summed E-state index contributed by atoms with van der Waals surface area (Å²) < 4.78 is 14.0. The molecule has 2 heterocycles. The van der Waals surface area contributed by atoms with Gasteiger partial charge in [0.25, 0.3) is 0 Å². The van der Waals surface area contributed by atoms with Crippen LogP contribution < -0.4 is 4.90 Å². The number of hydrogen-bond donors (Lipinski definition) is 1. The van der Waals surface area contributed by atoms with Crippen LogP contribution in [0.3, 0.4) is 0 Å². The standard InChI is InChI=1S/C13H13ClFN3/c14-8-2-1-3-9-11(8)12(17-16-9)18-6-10(15)13(7-18)4-5-13/h1-3,10H,4-7H2,(H,16,17). The molecule has 2 aliphatic rings. The minimum atomic E-state index is -0.730. The van der Waals surface area contributed by atoms with Crippen LogP contribution in [-0.2, 0) is 0 Å². The highest BCUT2D eigenvalue weighted by molar-refractivity contribution is 6.36. The third-order valence-electron chi connectivity index (χ3n) is 4.26. The van der Waals surface area contributed by atoms with Gasteiger partial charge >= 0.3 is 0 Å². The van der Waals surface area contributed by atoms with Crippen LogP contribution in [0.2, 0.25) is 5.02 Å². The minimum Gasteiger partial charge on any atom is -0.351 e. The zero-order valence-corrected chi connectivity index (χ0v) is 10.5. The molecular weight excluding hydrogens is 253 g/mol. The van der Waals surface area contributed by atoms with Crippen LogP contribution in [0.25, 0.3) is 10.9 Å². The topological polar surface area (TPSA) is 31.9 Å². The number of alkyl halides is 1. The Hall–Kier alpha value is -1.29. The number of aromatic amines is 1. The van der Waals surface area contributed by atoms with Crippen LogP contribution in [0.15, 0.2) is 18.2 Å². The maximum Gasteiger partial charge on any atom is 0.159 e. The van der Waals surface area contributed by atoms with Crippen molar-refractivity contribution in [3.8, 4) is 0 Å². The number of aromatic nitrogens is 2. The molecule has 1 saturated heterocycles. The molecule has 1 atom stereocenters. The summed E-state index contributed by atoms with van der Waals surface area (Å²) in [4.78, 5) is 2.03. The third kappa shape index (κ3) is 1.32. The summed E-state index contributed by atoms with van der Waals surface area (Å²) in [7, 11) is 0. The van der Waals surface area contributed by atoms with Crippen LogP contribution in [0.4, 0.5) is 10.2 Å². The summed E-state index contributed by atoms with van der Waals surface area (Å²) in [6.45, 7) is 1.20. The van der Waals surface area contributed by atoms with E-state index in [0.29, 0.717) is 11.6 Å². The monoisotopic (exact) mass is 265 g/mol. The average molecular weight is 266 g/mol. The second-order valence-electron chi connectivity index (χ2n) is 5.42. The van der Waals surface area contributed by atoms with Crippen molar-refractivity contribution < 1.29 is 4.39 Å². The van der Waals surface area contributed by atoms with E-state index in [2.05, 4.69) is 10.2 Å². The molecule has 2 fully saturated rings. The lowest BCUT2D eigenvalue weighted by Gasteiger charge is -2.15. The van der Waals surface area contributed by atoms with E-state index in [-0.39, 0.29) is 5.41 Å². The van der Waals surface area contributed by atoms with Crippen LogP contribution in [-0.4, -0.2) is 29.5 Å². The first-order valence-electron chi connectivity index (χ1n) is 6.21. The molecule has 1 aromatic heterocycles. The molecule has 1 saturated carbocycles. The lowest BCUT2D eigenvalue weighted by molar-refractivity contribution is 0.267. The number of nitrogens with zero attached hydrogens (tertiary/aromatic N) is 2.